The highest BCUT2D eigenvalue weighted by atomic mass is 16.5. The van der Waals surface area contributed by atoms with Crippen LogP contribution in [0.25, 0.3) is 0 Å². The van der Waals surface area contributed by atoms with Crippen molar-refractivity contribution in [3.05, 3.63) is 11.6 Å². The molecule has 5 heteroatoms. The Bertz CT molecular complexity index is 424. The van der Waals surface area contributed by atoms with Crippen molar-refractivity contribution < 1.29 is 23.9 Å². The molecule has 0 radical (unpaired) electrons. The molecule has 1 atom stereocenters. The van der Waals surface area contributed by atoms with Crippen molar-refractivity contribution in [1.29, 1.82) is 0 Å². The lowest BCUT2D eigenvalue weighted by atomic mass is 9.79. The molecule has 1 unspecified atom stereocenters. The molecule has 0 saturated heterocycles. The number of esters is 2. The van der Waals surface area contributed by atoms with Crippen molar-refractivity contribution >= 4 is 17.7 Å². The lowest BCUT2D eigenvalue weighted by molar-refractivity contribution is -0.158. The first kappa shape index (κ1) is 16.4. The largest absolute Gasteiger partial charge is 0.465 e. The van der Waals surface area contributed by atoms with Gasteiger partial charge in [-0.3, -0.25) is 9.59 Å². The summed E-state index contributed by atoms with van der Waals surface area (Å²) in [5.74, 6) is -1.01. The molecule has 0 amide bonds. The molecule has 1 rings (SSSR count). The van der Waals surface area contributed by atoms with Gasteiger partial charge >= 0.3 is 11.9 Å². The zero-order valence-electron chi connectivity index (χ0n) is 12.4. The van der Waals surface area contributed by atoms with Crippen molar-refractivity contribution in [2.75, 3.05) is 13.2 Å². The molecule has 0 spiro atoms. The van der Waals surface area contributed by atoms with Crippen LogP contribution in [0.2, 0.25) is 0 Å². The average Bonchev–Trinajstić information content (AvgIpc) is 2.72. The van der Waals surface area contributed by atoms with Crippen LogP contribution in [0.15, 0.2) is 11.6 Å². The van der Waals surface area contributed by atoms with Gasteiger partial charge in [0, 0.05) is 12.5 Å². The second-order valence-electron chi connectivity index (χ2n) is 5.00. The maximum Gasteiger partial charge on any atom is 0.330 e. The van der Waals surface area contributed by atoms with Crippen molar-refractivity contribution in [2.24, 2.45) is 5.41 Å². The van der Waals surface area contributed by atoms with E-state index in [2.05, 4.69) is 0 Å². The molecule has 5 nitrogen and oxygen atoms in total. The zero-order valence-corrected chi connectivity index (χ0v) is 12.4. The molecule has 112 valence electrons. The minimum Gasteiger partial charge on any atom is -0.465 e. The molecular weight excluding hydrogens is 260 g/mol. The summed E-state index contributed by atoms with van der Waals surface area (Å²) >= 11 is 0. The summed E-state index contributed by atoms with van der Waals surface area (Å²) < 4.78 is 9.88. The van der Waals surface area contributed by atoms with E-state index in [1.54, 1.807) is 20.8 Å². The normalized spacial score (nSPS) is 22.8. The van der Waals surface area contributed by atoms with E-state index in [0.717, 1.165) is 0 Å². The summed E-state index contributed by atoms with van der Waals surface area (Å²) in [5, 5.41) is 0. The van der Waals surface area contributed by atoms with Gasteiger partial charge in [-0.05, 0) is 40.0 Å². The predicted molar refractivity (Wildman–Crippen MR) is 72.9 cm³/mol. The van der Waals surface area contributed by atoms with E-state index in [1.807, 2.05) is 0 Å². The van der Waals surface area contributed by atoms with Crippen LogP contribution in [-0.4, -0.2) is 30.9 Å². The van der Waals surface area contributed by atoms with Crippen LogP contribution < -0.4 is 0 Å². The fraction of sp³-hybridized carbons (Fsp3) is 0.667. The van der Waals surface area contributed by atoms with Crippen LogP contribution in [0.4, 0.5) is 0 Å². The van der Waals surface area contributed by atoms with E-state index in [1.165, 1.54) is 6.08 Å². The van der Waals surface area contributed by atoms with E-state index in [0.29, 0.717) is 31.4 Å². The van der Waals surface area contributed by atoms with Crippen LogP contribution in [0, 0.1) is 5.41 Å². The number of Topliss-reactive ketones (excluding diaryl/α,β-unsaturated/α-hetero) is 1. The van der Waals surface area contributed by atoms with Gasteiger partial charge in [-0.15, -0.1) is 0 Å². The first-order chi connectivity index (χ1) is 9.46. The molecule has 1 aliphatic carbocycles. The van der Waals surface area contributed by atoms with Gasteiger partial charge in [-0.2, -0.15) is 0 Å². The standard InChI is InChI=1S/C15H22O5/c1-4-19-13(17)9-11(3)10-15(14(18)20-5-2)8-6-7-12(15)16/h9H,4-8,10H2,1-3H3. The molecule has 1 saturated carbocycles. The summed E-state index contributed by atoms with van der Waals surface area (Å²) in [4.78, 5) is 35.7. The molecule has 0 bridgehead atoms. The number of ether oxygens (including phenoxy) is 2. The maximum absolute atomic E-state index is 12.1. The maximum atomic E-state index is 12.1. The number of carbonyl (C=O) groups excluding carboxylic acids is 3. The topological polar surface area (TPSA) is 69.7 Å². The quantitative estimate of drug-likeness (QED) is 0.424. The van der Waals surface area contributed by atoms with Gasteiger partial charge in [-0.25, -0.2) is 4.79 Å². The lowest BCUT2D eigenvalue weighted by Gasteiger charge is -2.25. The highest BCUT2D eigenvalue weighted by Crippen LogP contribution is 2.41. The monoisotopic (exact) mass is 282 g/mol. The first-order valence-electron chi connectivity index (χ1n) is 7.00. The highest BCUT2D eigenvalue weighted by molar-refractivity contribution is 6.05. The minimum absolute atomic E-state index is 0.0902. The van der Waals surface area contributed by atoms with Gasteiger partial charge in [0.25, 0.3) is 0 Å². The number of hydrogen-bond acceptors (Lipinski definition) is 5. The first-order valence-corrected chi connectivity index (χ1v) is 7.00. The smallest absolute Gasteiger partial charge is 0.330 e. The average molecular weight is 282 g/mol. The second kappa shape index (κ2) is 7.22. The van der Waals surface area contributed by atoms with E-state index < -0.39 is 17.4 Å². The molecule has 0 aromatic heterocycles. The molecule has 1 fully saturated rings. The summed E-state index contributed by atoms with van der Waals surface area (Å²) in [7, 11) is 0. The summed E-state index contributed by atoms with van der Waals surface area (Å²) in [6, 6.07) is 0. The van der Waals surface area contributed by atoms with E-state index in [9.17, 15) is 14.4 Å². The fourth-order valence-corrected chi connectivity index (χ4v) is 2.59. The van der Waals surface area contributed by atoms with Gasteiger partial charge in [0.1, 0.15) is 5.41 Å². The van der Waals surface area contributed by atoms with E-state index >= 15 is 0 Å². The Morgan fingerprint density at radius 1 is 1.25 bits per heavy atom. The van der Waals surface area contributed by atoms with Crippen molar-refractivity contribution in [1.82, 2.24) is 0 Å². The minimum atomic E-state index is -1.11. The molecule has 20 heavy (non-hydrogen) atoms. The lowest BCUT2D eigenvalue weighted by Crippen LogP contribution is -2.37. The molecule has 0 heterocycles. The highest BCUT2D eigenvalue weighted by Gasteiger charge is 2.49. The fourth-order valence-electron chi connectivity index (χ4n) is 2.59. The van der Waals surface area contributed by atoms with E-state index in [4.69, 9.17) is 9.47 Å². The molecule has 0 aromatic rings. The Kier molecular flexibility index (Phi) is 5.92. The summed E-state index contributed by atoms with van der Waals surface area (Å²) in [6.07, 6.45) is 3.13. The second-order valence-corrected chi connectivity index (χ2v) is 5.00. The third-order valence-corrected chi connectivity index (χ3v) is 3.44. The summed E-state index contributed by atoms with van der Waals surface area (Å²) in [5.41, 5.74) is -0.449. The Labute approximate surface area is 119 Å². The SMILES string of the molecule is CCOC(=O)C=C(C)CC1(C(=O)OCC)CCCC1=O. The van der Waals surface area contributed by atoms with Gasteiger partial charge < -0.3 is 9.47 Å². The van der Waals surface area contributed by atoms with E-state index in [-0.39, 0.29) is 18.8 Å². The third-order valence-electron chi connectivity index (χ3n) is 3.44. The van der Waals surface area contributed by atoms with Gasteiger partial charge in [-0.1, -0.05) is 5.57 Å². The Morgan fingerprint density at radius 2 is 1.90 bits per heavy atom. The molecule has 0 N–H and O–H groups in total. The zero-order chi connectivity index (χ0) is 15.2. The summed E-state index contributed by atoms with van der Waals surface area (Å²) in [6.45, 7) is 5.70. The Hall–Kier alpha value is -1.65. The number of carbonyl (C=O) groups is 3. The third kappa shape index (κ3) is 3.68. The van der Waals surface area contributed by atoms with Crippen LogP contribution in [0.5, 0.6) is 0 Å². The predicted octanol–water partition coefficient (Wildman–Crippen LogP) is 2.19. The Balaban J connectivity index is 2.89. The van der Waals surface area contributed by atoms with Gasteiger partial charge in [0.2, 0.25) is 0 Å². The van der Waals surface area contributed by atoms with Gasteiger partial charge in [0.15, 0.2) is 5.78 Å². The van der Waals surface area contributed by atoms with Crippen LogP contribution in [0.3, 0.4) is 0 Å². The molecule has 1 aliphatic rings. The number of allylic oxidation sites excluding steroid dienone is 1. The van der Waals surface area contributed by atoms with Crippen LogP contribution >= 0.6 is 0 Å². The van der Waals surface area contributed by atoms with Crippen LogP contribution in [-0.2, 0) is 23.9 Å². The van der Waals surface area contributed by atoms with Crippen molar-refractivity contribution in [2.45, 2.75) is 46.5 Å². The Morgan fingerprint density at radius 3 is 2.40 bits per heavy atom. The molecule has 0 aromatic carbocycles. The van der Waals surface area contributed by atoms with Gasteiger partial charge in [0.05, 0.1) is 13.2 Å². The number of hydrogen-bond donors (Lipinski definition) is 0. The number of rotatable bonds is 6. The van der Waals surface area contributed by atoms with Crippen LogP contribution in [0.1, 0.15) is 46.5 Å². The van der Waals surface area contributed by atoms with Crippen molar-refractivity contribution in [3.8, 4) is 0 Å². The van der Waals surface area contributed by atoms with Crippen molar-refractivity contribution in [3.63, 3.8) is 0 Å². The molecular formula is C15H22O5. The molecule has 0 aliphatic heterocycles. The number of ketones is 1.